The minimum absolute atomic E-state index is 0.0357. The molecule has 0 fully saturated rings. The molecule has 0 N–H and O–H groups in total. The Hall–Kier alpha value is -1.80. The zero-order valence-electron chi connectivity index (χ0n) is 9.80. The number of ketones is 1. The Morgan fingerprint density at radius 1 is 0.944 bits per heavy atom. The van der Waals surface area contributed by atoms with Crippen LogP contribution in [-0.2, 0) is 0 Å². The number of hydrogen-bond acceptors (Lipinski definition) is 2. The largest absolute Gasteiger partial charge is 0.289 e. The SMILES string of the molecule is C=C1C(=O)c2ccccc2S[C@@H]1c1ccccc1. The second-order valence-corrected chi connectivity index (χ2v) is 5.41. The van der Waals surface area contributed by atoms with Gasteiger partial charge in [-0.3, -0.25) is 4.79 Å². The maximum absolute atomic E-state index is 12.3. The number of rotatable bonds is 1. The maximum Gasteiger partial charge on any atom is 0.191 e. The molecule has 88 valence electrons. The molecule has 18 heavy (non-hydrogen) atoms. The number of fused-ring (bicyclic) bond motifs is 1. The first-order chi connectivity index (χ1) is 8.77. The van der Waals surface area contributed by atoms with Gasteiger partial charge in [-0.2, -0.15) is 0 Å². The van der Waals surface area contributed by atoms with Crippen molar-refractivity contribution < 1.29 is 4.79 Å². The third kappa shape index (κ3) is 1.79. The fraction of sp³-hybridized carbons (Fsp3) is 0.0625. The normalized spacial score (nSPS) is 18.6. The van der Waals surface area contributed by atoms with E-state index in [2.05, 4.69) is 6.58 Å². The Bertz CT molecular complexity index is 616. The molecule has 0 saturated carbocycles. The summed E-state index contributed by atoms with van der Waals surface area (Å²) in [5, 5.41) is 0.0357. The average molecular weight is 252 g/mol. The summed E-state index contributed by atoms with van der Waals surface area (Å²) in [7, 11) is 0. The monoisotopic (exact) mass is 252 g/mol. The van der Waals surface area contributed by atoms with Gasteiger partial charge in [-0.05, 0) is 17.7 Å². The van der Waals surface area contributed by atoms with Gasteiger partial charge in [0.15, 0.2) is 5.78 Å². The minimum atomic E-state index is 0.0357. The standard InChI is InChI=1S/C16H12OS/c1-11-15(17)13-9-5-6-10-14(13)18-16(11)12-7-3-2-4-8-12/h2-10,16H,1H2/t16-/m0/s1. The molecule has 0 unspecified atom stereocenters. The van der Waals surface area contributed by atoms with Crippen molar-refractivity contribution in [3.63, 3.8) is 0 Å². The molecule has 1 atom stereocenters. The lowest BCUT2D eigenvalue weighted by atomic mass is 9.97. The molecule has 0 aliphatic carbocycles. The lowest BCUT2D eigenvalue weighted by molar-refractivity contribution is 0.102. The average Bonchev–Trinajstić information content (AvgIpc) is 2.44. The highest BCUT2D eigenvalue weighted by Gasteiger charge is 2.30. The van der Waals surface area contributed by atoms with E-state index >= 15 is 0 Å². The summed E-state index contributed by atoms with van der Waals surface area (Å²) in [6.45, 7) is 3.98. The van der Waals surface area contributed by atoms with Gasteiger partial charge in [0.2, 0.25) is 0 Å². The first kappa shape index (κ1) is 11.3. The van der Waals surface area contributed by atoms with Crippen LogP contribution in [0.4, 0.5) is 0 Å². The number of carbonyl (C=O) groups is 1. The first-order valence-corrected chi connectivity index (χ1v) is 6.69. The smallest absolute Gasteiger partial charge is 0.191 e. The molecular weight excluding hydrogens is 240 g/mol. The van der Waals surface area contributed by atoms with Gasteiger partial charge in [0.25, 0.3) is 0 Å². The molecule has 3 rings (SSSR count). The van der Waals surface area contributed by atoms with Gasteiger partial charge in [0.05, 0.1) is 5.25 Å². The second kappa shape index (κ2) is 4.46. The van der Waals surface area contributed by atoms with Crippen LogP contribution >= 0.6 is 11.8 Å². The summed E-state index contributed by atoms with van der Waals surface area (Å²) < 4.78 is 0. The van der Waals surface area contributed by atoms with Crippen LogP contribution in [0.15, 0.2) is 71.6 Å². The topological polar surface area (TPSA) is 17.1 Å². The highest BCUT2D eigenvalue weighted by atomic mass is 32.2. The zero-order chi connectivity index (χ0) is 12.5. The maximum atomic E-state index is 12.3. The van der Waals surface area contributed by atoms with E-state index in [-0.39, 0.29) is 11.0 Å². The third-order valence-corrected chi connectivity index (χ3v) is 4.49. The molecule has 0 spiro atoms. The Kier molecular flexibility index (Phi) is 2.80. The summed E-state index contributed by atoms with van der Waals surface area (Å²) in [5.74, 6) is 0.0678. The number of thioether (sulfide) groups is 1. The molecule has 0 radical (unpaired) electrons. The Labute approximate surface area is 111 Å². The van der Waals surface area contributed by atoms with Crippen LogP contribution in [0.5, 0.6) is 0 Å². The summed E-state index contributed by atoms with van der Waals surface area (Å²) in [6.07, 6.45) is 0. The molecule has 1 aliphatic rings. The van der Waals surface area contributed by atoms with Crippen molar-refractivity contribution >= 4 is 17.5 Å². The van der Waals surface area contributed by atoms with Crippen molar-refractivity contribution in [2.24, 2.45) is 0 Å². The molecular formula is C16H12OS. The van der Waals surface area contributed by atoms with Gasteiger partial charge < -0.3 is 0 Å². The van der Waals surface area contributed by atoms with Crippen molar-refractivity contribution in [2.45, 2.75) is 10.1 Å². The van der Waals surface area contributed by atoms with Gasteiger partial charge >= 0.3 is 0 Å². The molecule has 2 aromatic rings. The van der Waals surface area contributed by atoms with Gasteiger partial charge in [0.1, 0.15) is 0 Å². The van der Waals surface area contributed by atoms with Crippen molar-refractivity contribution in [3.8, 4) is 0 Å². The van der Waals surface area contributed by atoms with Crippen molar-refractivity contribution in [1.29, 1.82) is 0 Å². The predicted molar refractivity (Wildman–Crippen MR) is 75.0 cm³/mol. The summed E-state index contributed by atoms with van der Waals surface area (Å²) in [5.41, 5.74) is 2.58. The van der Waals surface area contributed by atoms with Gasteiger partial charge in [0, 0.05) is 16.0 Å². The van der Waals surface area contributed by atoms with Crippen LogP contribution < -0.4 is 0 Å². The summed E-state index contributed by atoms with van der Waals surface area (Å²) >= 11 is 1.70. The lowest BCUT2D eigenvalue weighted by Gasteiger charge is -2.25. The van der Waals surface area contributed by atoms with Gasteiger partial charge in [-0.1, -0.05) is 49.0 Å². The lowest BCUT2D eigenvalue weighted by Crippen LogP contribution is -2.15. The van der Waals surface area contributed by atoms with E-state index in [1.807, 2.05) is 54.6 Å². The number of Topliss-reactive ketones (excluding diaryl/α,β-unsaturated/α-hetero) is 1. The van der Waals surface area contributed by atoms with E-state index in [1.165, 1.54) is 0 Å². The highest BCUT2D eigenvalue weighted by Crippen LogP contribution is 2.46. The van der Waals surface area contributed by atoms with Gasteiger partial charge in [-0.15, -0.1) is 11.8 Å². The van der Waals surface area contributed by atoms with Crippen LogP contribution in [0, 0.1) is 0 Å². The van der Waals surface area contributed by atoms with Crippen molar-refractivity contribution in [1.82, 2.24) is 0 Å². The van der Waals surface area contributed by atoms with Crippen LogP contribution in [-0.4, -0.2) is 5.78 Å². The number of benzene rings is 2. The molecule has 2 aromatic carbocycles. The molecule has 2 heteroatoms. The van der Waals surface area contributed by atoms with E-state index < -0.39 is 0 Å². The molecule has 1 aliphatic heterocycles. The van der Waals surface area contributed by atoms with Crippen LogP contribution in [0.2, 0.25) is 0 Å². The fourth-order valence-corrected chi connectivity index (χ4v) is 3.39. The molecule has 0 aromatic heterocycles. The predicted octanol–water partition coefficient (Wildman–Crippen LogP) is 4.27. The highest BCUT2D eigenvalue weighted by molar-refractivity contribution is 8.00. The second-order valence-electron chi connectivity index (χ2n) is 4.26. The third-order valence-electron chi connectivity index (χ3n) is 3.09. The molecule has 1 heterocycles. The summed E-state index contributed by atoms with van der Waals surface area (Å²) in [4.78, 5) is 13.3. The van der Waals surface area contributed by atoms with E-state index in [9.17, 15) is 4.79 Å². The molecule has 0 saturated heterocycles. The van der Waals surface area contributed by atoms with Crippen LogP contribution in [0.1, 0.15) is 21.2 Å². The van der Waals surface area contributed by atoms with E-state index in [1.54, 1.807) is 11.8 Å². The fourth-order valence-electron chi connectivity index (χ4n) is 2.14. The van der Waals surface area contributed by atoms with Crippen LogP contribution in [0.3, 0.4) is 0 Å². The molecule has 0 bridgehead atoms. The molecule has 0 amide bonds. The Balaban J connectivity index is 2.07. The van der Waals surface area contributed by atoms with E-state index in [4.69, 9.17) is 0 Å². The minimum Gasteiger partial charge on any atom is -0.289 e. The Morgan fingerprint density at radius 2 is 1.61 bits per heavy atom. The zero-order valence-corrected chi connectivity index (χ0v) is 10.6. The number of hydrogen-bond donors (Lipinski definition) is 0. The van der Waals surface area contributed by atoms with E-state index in [0.717, 1.165) is 16.0 Å². The Morgan fingerprint density at radius 3 is 2.39 bits per heavy atom. The van der Waals surface area contributed by atoms with Crippen molar-refractivity contribution in [3.05, 3.63) is 77.9 Å². The number of carbonyl (C=O) groups excluding carboxylic acids is 1. The van der Waals surface area contributed by atoms with Crippen molar-refractivity contribution in [2.75, 3.05) is 0 Å². The molecule has 1 nitrogen and oxygen atoms in total. The first-order valence-electron chi connectivity index (χ1n) is 5.81. The quantitative estimate of drug-likeness (QED) is 0.705. The van der Waals surface area contributed by atoms with Gasteiger partial charge in [-0.25, -0.2) is 0 Å². The van der Waals surface area contributed by atoms with Crippen LogP contribution in [0.25, 0.3) is 0 Å². The van der Waals surface area contributed by atoms with E-state index in [0.29, 0.717) is 5.57 Å². The summed E-state index contributed by atoms with van der Waals surface area (Å²) in [6, 6.07) is 17.8.